The van der Waals surface area contributed by atoms with Crippen LogP contribution in [-0.4, -0.2) is 23.2 Å². The predicted molar refractivity (Wildman–Crippen MR) is 83.6 cm³/mol. The van der Waals surface area contributed by atoms with Gasteiger partial charge in [-0.15, -0.1) is 0 Å². The van der Waals surface area contributed by atoms with Gasteiger partial charge in [0.25, 0.3) is 11.6 Å². The van der Waals surface area contributed by atoms with Gasteiger partial charge in [0.1, 0.15) is 17.4 Å². The highest BCUT2D eigenvalue weighted by Crippen LogP contribution is 2.22. The molecule has 7 nitrogen and oxygen atoms in total. The lowest BCUT2D eigenvalue weighted by Gasteiger charge is -2.10. The maximum Gasteiger partial charge on any atom is 0.271 e. The molecule has 0 aliphatic rings. The molecule has 0 unspecified atom stereocenters. The van der Waals surface area contributed by atoms with Gasteiger partial charge in [-0.1, -0.05) is 0 Å². The summed E-state index contributed by atoms with van der Waals surface area (Å²) in [5.74, 6) is -2.77. The first-order chi connectivity index (χ1) is 11.8. The Bertz CT molecular complexity index is 854. The van der Waals surface area contributed by atoms with Gasteiger partial charge in [0.2, 0.25) is 0 Å². The van der Waals surface area contributed by atoms with Crippen molar-refractivity contribution in [2.75, 3.05) is 11.9 Å². The monoisotopic (exact) mass is 350 g/mol. The number of carbonyl (C=O) groups excluding carboxylic acids is 2. The first-order valence-corrected chi connectivity index (χ1v) is 6.95. The number of nitrogens with one attached hydrogen (secondary N) is 1. The average Bonchev–Trinajstić information content (AvgIpc) is 2.55. The zero-order valence-electron chi connectivity index (χ0n) is 12.9. The number of nitrogens with zero attached hydrogens (tertiary/aromatic N) is 1. The molecule has 2 rings (SSSR count). The Labute approximate surface area is 140 Å². The number of amides is 1. The summed E-state index contributed by atoms with van der Waals surface area (Å²) < 4.78 is 31.9. The minimum absolute atomic E-state index is 0.0106. The number of nitro groups is 1. The molecule has 0 aromatic heterocycles. The Morgan fingerprint density at radius 1 is 1.20 bits per heavy atom. The van der Waals surface area contributed by atoms with Crippen LogP contribution in [0.2, 0.25) is 0 Å². The van der Waals surface area contributed by atoms with Gasteiger partial charge in [0.05, 0.1) is 16.2 Å². The highest BCUT2D eigenvalue weighted by atomic mass is 19.1. The van der Waals surface area contributed by atoms with Crippen molar-refractivity contribution in [3.63, 3.8) is 0 Å². The van der Waals surface area contributed by atoms with Gasteiger partial charge in [-0.3, -0.25) is 19.7 Å². The van der Waals surface area contributed by atoms with Crippen LogP contribution in [0.3, 0.4) is 0 Å². The van der Waals surface area contributed by atoms with Crippen LogP contribution in [-0.2, 0) is 4.79 Å². The Kier molecular flexibility index (Phi) is 5.38. The second-order valence-electron chi connectivity index (χ2n) is 4.95. The van der Waals surface area contributed by atoms with E-state index >= 15 is 0 Å². The Morgan fingerprint density at radius 3 is 2.56 bits per heavy atom. The molecule has 0 heterocycles. The van der Waals surface area contributed by atoms with E-state index in [0.29, 0.717) is 0 Å². The second kappa shape index (κ2) is 7.47. The van der Waals surface area contributed by atoms with Crippen molar-refractivity contribution in [3.8, 4) is 5.75 Å². The number of ketones is 1. The zero-order valence-corrected chi connectivity index (χ0v) is 12.9. The van der Waals surface area contributed by atoms with Crippen LogP contribution in [0.1, 0.15) is 17.3 Å². The summed E-state index contributed by atoms with van der Waals surface area (Å²) in [7, 11) is 0. The van der Waals surface area contributed by atoms with Gasteiger partial charge in [0.15, 0.2) is 12.4 Å². The fraction of sp³-hybridized carbons (Fsp3) is 0.125. The van der Waals surface area contributed by atoms with Gasteiger partial charge in [-0.25, -0.2) is 8.78 Å². The van der Waals surface area contributed by atoms with Gasteiger partial charge in [-0.2, -0.15) is 0 Å². The number of benzene rings is 2. The van der Waals surface area contributed by atoms with E-state index in [2.05, 4.69) is 5.32 Å². The summed E-state index contributed by atoms with van der Waals surface area (Å²) >= 11 is 0. The number of hydrogen-bond donors (Lipinski definition) is 1. The Hall–Kier alpha value is -3.36. The minimum atomic E-state index is -0.856. The fourth-order valence-electron chi connectivity index (χ4n) is 1.96. The van der Waals surface area contributed by atoms with Crippen molar-refractivity contribution in [2.24, 2.45) is 0 Å². The first kappa shape index (κ1) is 18.0. The minimum Gasteiger partial charge on any atom is -0.483 e. The number of anilines is 1. The molecule has 0 radical (unpaired) electrons. The predicted octanol–water partition coefficient (Wildman–Crippen LogP) is 3.09. The van der Waals surface area contributed by atoms with E-state index in [1.807, 2.05) is 0 Å². The highest BCUT2D eigenvalue weighted by Gasteiger charge is 2.15. The van der Waals surface area contributed by atoms with Gasteiger partial charge in [0, 0.05) is 12.1 Å². The zero-order chi connectivity index (χ0) is 18.6. The number of ether oxygens (including phenoxy) is 1. The lowest BCUT2D eigenvalue weighted by Crippen LogP contribution is -2.21. The number of carbonyl (C=O) groups is 2. The van der Waals surface area contributed by atoms with Crippen molar-refractivity contribution in [2.45, 2.75) is 6.92 Å². The van der Waals surface area contributed by atoms with E-state index in [0.717, 1.165) is 30.3 Å². The molecular formula is C16H12F2N2O5. The summed E-state index contributed by atoms with van der Waals surface area (Å²) in [6, 6.07) is 5.89. The van der Waals surface area contributed by atoms with Gasteiger partial charge >= 0.3 is 0 Å². The van der Waals surface area contributed by atoms with Crippen LogP contribution in [0.25, 0.3) is 0 Å². The van der Waals surface area contributed by atoms with Crippen molar-refractivity contribution in [3.05, 3.63) is 63.7 Å². The molecule has 0 atom stereocenters. The number of non-ortho nitro benzene ring substituents is 1. The van der Waals surface area contributed by atoms with E-state index < -0.39 is 40.5 Å². The summed E-state index contributed by atoms with van der Waals surface area (Å²) in [5, 5.41) is 12.8. The summed E-state index contributed by atoms with van der Waals surface area (Å²) in [6.45, 7) is 0.605. The molecule has 2 aromatic rings. The molecule has 0 fully saturated rings. The van der Waals surface area contributed by atoms with E-state index in [4.69, 9.17) is 4.74 Å². The number of rotatable bonds is 6. The first-order valence-electron chi connectivity index (χ1n) is 6.95. The molecule has 0 aliphatic carbocycles. The smallest absolute Gasteiger partial charge is 0.271 e. The van der Waals surface area contributed by atoms with Crippen LogP contribution in [0.5, 0.6) is 5.75 Å². The fourth-order valence-corrected chi connectivity index (χ4v) is 1.96. The summed E-state index contributed by atoms with van der Waals surface area (Å²) in [5.41, 5.74) is -0.821. The van der Waals surface area contributed by atoms with Gasteiger partial charge in [-0.05, 0) is 31.2 Å². The molecule has 0 aliphatic heterocycles. The molecule has 0 bridgehead atoms. The molecular weight excluding hydrogens is 338 g/mol. The van der Waals surface area contributed by atoms with E-state index in [1.165, 1.54) is 13.0 Å². The lowest BCUT2D eigenvalue weighted by molar-refractivity contribution is -0.384. The number of hydrogen-bond acceptors (Lipinski definition) is 5. The van der Waals surface area contributed by atoms with Crippen molar-refractivity contribution >= 4 is 23.1 Å². The van der Waals surface area contributed by atoms with Crippen LogP contribution in [0.4, 0.5) is 20.2 Å². The third-order valence-electron chi connectivity index (χ3n) is 3.11. The third kappa shape index (κ3) is 4.56. The van der Waals surface area contributed by atoms with Gasteiger partial charge < -0.3 is 10.1 Å². The summed E-state index contributed by atoms with van der Waals surface area (Å²) in [4.78, 5) is 33.2. The Morgan fingerprint density at radius 2 is 1.92 bits per heavy atom. The van der Waals surface area contributed by atoms with E-state index in [9.17, 15) is 28.5 Å². The van der Waals surface area contributed by atoms with Crippen molar-refractivity contribution in [1.29, 1.82) is 0 Å². The average molecular weight is 350 g/mol. The molecule has 1 N–H and O–H groups in total. The quantitative estimate of drug-likeness (QED) is 0.490. The molecule has 25 heavy (non-hydrogen) atoms. The standard InChI is InChI=1S/C16H12F2N2O5/c1-9(21)12-6-10(17)2-5-15(12)25-8-16(22)19-14-7-11(20(23)24)3-4-13(14)18/h2-7H,8H2,1H3,(H,19,22). The largest absolute Gasteiger partial charge is 0.483 e. The highest BCUT2D eigenvalue weighted by molar-refractivity contribution is 5.97. The lowest BCUT2D eigenvalue weighted by atomic mass is 10.1. The number of Topliss-reactive ketones (excluding diaryl/α,β-unsaturated/α-hetero) is 1. The Balaban J connectivity index is 2.08. The van der Waals surface area contributed by atoms with E-state index in [1.54, 1.807) is 0 Å². The van der Waals surface area contributed by atoms with Crippen molar-refractivity contribution < 1.29 is 28.0 Å². The maximum absolute atomic E-state index is 13.6. The van der Waals surface area contributed by atoms with Crippen LogP contribution < -0.4 is 10.1 Å². The summed E-state index contributed by atoms with van der Waals surface area (Å²) in [6.07, 6.45) is 0. The molecule has 1 amide bonds. The van der Waals surface area contributed by atoms with E-state index in [-0.39, 0.29) is 17.0 Å². The molecule has 2 aromatic carbocycles. The molecule has 0 spiro atoms. The molecule has 130 valence electrons. The second-order valence-corrected chi connectivity index (χ2v) is 4.95. The van der Waals surface area contributed by atoms with Crippen LogP contribution >= 0.6 is 0 Å². The molecule has 0 saturated carbocycles. The van der Waals surface area contributed by atoms with Crippen molar-refractivity contribution in [1.82, 2.24) is 0 Å². The topological polar surface area (TPSA) is 98.5 Å². The molecule has 0 saturated heterocycles. The normalized spacial score (nSPS) is 10.2. The third-order valence-corrected chi connectivity index (χ3v) is 3.11. The number of nitro benzene ring substituents is 1. The van der Waals surface area contributed by atoms with Crippen LogP contribution in [0.15, 0.2) is 36.4 Å². The number of halogens is 2. The molecule has 9 heteroatoms. The maximum atomic E-state index is 13.6. The van der Waals surface area contributed by atoms with Crippen LogP contribution in [0, 0.1) is 21.7 Å². The SMILES string of the molecule is CC(=O)c1cc(F)ccc1OCC(=O)Nc1cc([N+](=O)[O-])ccc1F.